The number of aryl methyl sites for hydroxylation is 1. The van der Waals surface area contributed by atoms with Crippen molar-refractivity contribution in [2.45, 2.75) is 32.9 Å². The summed E-state index contributed by atoms with van der Waals surface area (Å²) in [4.78, 5) is 21.7. The molecule has 7 heteroatoms. The molecule has 0 spiro atoms. The summed E-state index contributed by atoms with van der Waals surface area (Å²) in [6.45, 7) is 3.56. The van der Waals surface area contributed by atoms with Gasteiger partial charge in [-0.2, -0.15) is 0 Å². The Balaban J connectivity index is 1.84. The van der Waals surface area contributed by atoms with E-state index in [9.17, 15) is 13.6 Å². The van der Waals surface area contributed by atoms with Crippen molar-refractivity contribution >= 4 is 28.5 Å². The van der Waals surface area contributed by atoms with Crippen LogP contribution in [-0.4, -0.2) is 15.8 Å². The van der Waals surface area contributed by atoms with Crippen LogP contribution in [0.4, 0.5) is 8.78 Å². The van der Waals surface area contributed by atoms with Crippen molar-refractivity contribution in [2.24, 2.45) is 5.92 Å². The van der Waals surface area contributed by atoms with Crippen LogP contribution in [0.1, 0.15) is 47.4 Å². The van der Waals surface area contributed by atoms with E-state index in [4.69, 9.17) is 0 Å². The first-order valence-corrected chi connectivity index (χ1v) is 9.97. The highest BCUT2D eigenvalue weighted by atomic mass is 32.1. The van der Waals surface area contributed by atoms with Gasteiger partial charge in [0.15, 0.2) is 15.8 Å². The lowest BCUT2D eigenvalue weighted by atomic mass is 10.0. The first-order chi connectivity index (χ1) is 12.5. The summed E-state index contributed by atoms with van der Waals surface area (Å²) in [7, 11) is 0. The predicted molar refractivity (Wildman–Crippen MR) is 101 cm³/mol. The van der Waals surface area contributed by atoms with Crippen molar-refractivity contribution in [3.8, 4) is 10.0 Å². The lowest BCUT2D eigenvalue weighted by Gasteiger charge is -2.11. The molecule has 2 heterocycles. The van der Waals surface area contributed by atoms with Crippen LogP contribution >= 0.6 is 22.7 Å². The van der Waals surface area contributed by atoms with Crippen molar-refractivity contribution in [3.05, 3.63) is 57.8 Å². The SMILES string of the molecule is CC(C)C(F)c1sc(-c2nccs2)nc1C(=O)CCc1ccc(F)cc1. The van der Waals surface area contributed by atoms with Crippen molar-refractivity contribution < 1.29 is 13.6 Å². The number of nitrogens with zero attached hydrogens (tertiary/aromatic N) is 2. The predicted octanol–water partition coefficient (Wildman–Crippen LogP) is 5.89. The molecule has 0 aliphatic rings. The van der Waals surface area contributed by atoms with Gasteiger partial charge in [0.05, 0.1) is 4.88 Å². The Hall–Kier alpha value is -1.99. The van der Waals surface area contributed by atoms with E-state index in [2.05, 4.69) is 9.97 Å². The fraction of sp³-hybridized carbons (Fsp3) is 0.316. The maximum absolute atomic E-state index is 14.7. The Morgan fingerprint density at radius 2 is 1.92 bits per heavy atom. The number of Topliss-reactive ketones (excluding diaryl/α,β-unsaturated/α-hetero) is 1. The Kier molecular flexibility index (Phi) is 5.88. The van der Waals surface area contributed by atoms with E-state index < -0.39 is 6.17 Å². The van der Waals surface area contributed by atoms with E-state index in [0.29, 0.717) is 21.3 Å². The number of hydrogen-bond acceptors (Lipinski definition) is 5. The normalized spacial score (nSPS) is 12.5. The van der Waals surface area contributed by atoms with Crippen molar-refractivity contribution in [3.63, 3.8) is 0 Å². The Labute approximate surface area is 158 Å². The molecule has 0 amide bonds. The number of rotatable bonds is 7. The molecule has 0 fully saturated rings. The number of carbonyl (C=O) groups excluding carboxylic acids is 1. The summed E-state index contributed by atoms with van der Waals surface area (Å²) in [5.74, 6) is -0.762. The van der Waals surface area contributed by atoms with Crippen LogP contribution in [-0.2, 0) is 6.42 Å². The fourth-order valence-electron chi connectivity index (χ4n) is 2.47. The molecule has 136 valence electrons. The average molecular weight is 392 g/mol. The van der Waals surface area contributed by atoms with E-state index in [0.717, 1.165) is 5.56 Å². The summed E-state index contributed by atoms with van der Waals surface area (Å²) >= 11 is 2.61. The minimum atomic E-state index is -1.24. The quantitative estimate of drug-likeness (QED) is 0.471. The molecule has 3 aromatic rings. The lowest BCUT2D eigenvalue weighted by molar-refractivity contribution is 0.0975. The number of halogens is 2. The molecule has 0 aliphatic heterocycles. The zero-order valence-electron chi connectivity index (χ0n) is 14.4. The standard InChI is InChI=1S/C19H18F2N2OS2/c1-11(2)15(21)17-16(23-19(26-17)18-22-9-10-25-18)14(24)8-5-12-3-6-13(20)7-4-12/h3-4,6-7,9-11,15H,5,8H2,1-2H3. The molecule has 26 heavy (non-hydrogen) atoms. The van der Waals surface area contributed by atoms with E-state index >= 15 is 0 Å². The molecule has 0 radical (unpaired) electrons. The number of ketones is 1. The van der Waals surface area contributed by atoms with Gasteiger partial charge in [-0.1, -0.05) is 26.0 Å². The smallest absolute Gasteiger partial charge is 0.182 e. The van der Waals surface area contributed by atoms with E-state index in [1.54, 1.807) is 32.2 Å². The van der Waals surface area contributed by atoms with Crippen LogP contribution in [0.5, 0.6) is 0 Å². The average Bonchev–Trinajstić information content (AvgIpc) is 3.29. The number of benzene rings is 1. The first-order valence-electron chi connectivity index (χ1n) is 8.28. The lowest BCUT2D eigenvalue weighted by Crippen LogP contribution is -2.08. The Morgan fingerprint density at radius 3 is 2.54 bits per heavy atom. The van der Waals surface area contributed by atoms with E-state index in [1.165, 1.54) is 34.8 Å². The molecule has 0 saturated carbocycles. The maximum Gasteiger partial charge on any atom is 0.182 e. The largest absolute Gasteiger partial charge is 0.292 e. The molecule has 1 unspecified atom stereocenters. The van der Waals surface area contributed by atoms with Crippen LogP contribution in [0.25, 0.3) is 10.0 Å². The van der Waals surface area contributed by atoms with Crippen LogP contribution in [0.15, 0.2) is 35.8 Å². The number of aromatic nitrogens is 2. The number of alkyl halides is 1. The van der Waals surface area contributed by atoms with E-state index in [-0.39, 0.29) is 29.6 Å². The molecule has 3 nitrogen and oxygen atoms in total. The van der Waals surface area contributed by atoms with Crippen LogP contribution in [0.3, 0.4) is 0 Å². The third-order valence-electron chi connectivity index (χ3n) is 3.92. The summed E-state index contributed by atoms with van der Waals surface area (Å²) < 4.78 is 27.7. The fourth-order valence-corrected chi connectivity index (χ4v) is 4.38. The number of carbonyl (C=O) groups is 1. The van der Waals surface area contributed by atoms with Crippen LogP contribution in [0, 0.1) is 11.7 Å². The van der Waals surface area contributed by atoms with Crippen LogP contribution < -0.4 is 0 Å². The molecule has 0 aliphatic carbocycles. The third kappa shape index (κ3) is 4.22. The highest BCUT2D eigenvalue weighted by Crippen LogP contribution is 2.38. The first kappa shape index (κ1) is 18.8. The van der Waals surface area contributed by atoms with Gasteiger partial charge in [-0.15, -0.1) is 22.7 Å². The molecule has 0 saturated heterocycles. The zero-order chi connectivity index (χ0) is 18.7. The molecule has 0 N–H and O–H groups in total. The summed E-state index contributed by atoms with van der Waals surface area (Å²) in [5.41, 5.74) is 1.06. The molecule has 3 rings (SSSR count). The topological polar surface area (TPSA) is 42.9 Å². The van der Waals surface area contributed by atoms with Crippen molar-refractivity contribution in [2.75, 3.05) is 0 Å². The monoisotopic (exact) mass is 392 g/mol. The number of thiazole rings is 2. The van der Waals surface area contributed by atoms with Gasteiger partial charge in [0.25, 0.3) is 0 Å². The van der Waals surface area contributed by atoms with Gasteiger partial charge in [-0.3, -0.25) is 4.79 Å². The molecular formula is C19H18F2N2OS2. The molecular weight excluding hydrogens is 374 g/mol. The summed E-state index contributed by atoms with van der Waals surface area (Å²) in [5, 5.41) is 3.08. The zero-order valence-corrected chi connectivity index (χ0v) is 16.0. The summed E-state index contributed by atoms with van der Waals surface area (Å²) in [6.07, 6.45) is 1.07. The highest BCUT2D eigenvalue weighted by Gasteiger charge is 2.27. The van der Waals surface area contributed by atoms with Gasteiger partial charge in [-0.05, 0) is 30.0 Å². The maximum atomic E-state index is 14.7. The molecule has 1 atom stereocenters. The van der Waals surface area contributed by atoms with Gasteiger partial charge < -0.3 is 0 Å². The van der Waals surface area contributed by atoms with Crippen molar-refractivity contribution in [1.82, 2.24) is 9.97 Å². The molecule has 1 aromatic carbocycles. The van der Waals surface area contributed by atoms with E-state index in [1.807, 2.05) is 5.38 Å². The molecule has 2 aromatic heterocycles. The summed E-state index contributed by atoms with van der Waals surface area (Å²) in [6, 6.07) is 6.03. The van der Waals surface area contributed by atoms with Gasteiger partial charge in [0.2, 0.25) is 0 Å². The number of hydrogen-bond donors (Lipinski definition) is 0. The third-order valence-corrected chi connectivity index (χ3v) is 5.95. The second kappa shape index (κ2) is 8.14. The minimum Gasteiger partial charge on any atom is -0.292 e. The van der Waals surface area contributed by atoms with Gasteiger partial charge in [0, 0.05) is 18.0 Å². The van der Waals surface area contributed by atoms with Crippen molar-refractivity contribution in [1.29, 1.82) is 0 Å². The highest BCUT2D eigenvalue weighted by molar-refractivity contribution is 7.20. The minimum absolute atomic E-state index is 0.198. The second-order valence-corrected chi connectivity index (χ2v) is 8.19. The van der Waals surface area contributed by atoms with Gasteiger partial charge >= 0.3 is 0 Å². The molecule has 0 bridgehead atoms. The second-order valence-electron chi connectivity index (χ2n) is 6.26. The van der Waals surface area contributed by atoms with Gasteiger partial charge in [-0.25, -0.2) is 18.7 Å². The van der Waals surface area contributed by atoms with Crippen LogP contribution in [0.2, 0.25) is 0 Å². The van der Waals surface area contributed by atoms with Gasteiger partial charge in [0.1, 0.15) is 17.7 Å². The Bertz CT molecular complexity index is 874. The Morgan fingerprint density at radius 1 is 1.19 bits per heavy atom.